The number of para-hydroxylation sites is 1. The smallest absolute Gasteiger partial charge is 0.306 e. The number of nitrogens with zero attached hydrogens (tertiary/aromatic N) is 3. The first-order valence-corrected chi connectivity index (χ1v) is 9.30. The molecule has 2 heterocycles. The number of hydrogen-bond acceptors (Lipinski definition) is 7. The number of halogens is 1. The van der Waals surface area contributed by atoms with E-state index in [9.17, 15) is 9.18 Å². The fourth-order valence-corrected chi connectivity index (χ4v) is 3.01. The number of fused-ring (bicyclic) bond motifs is 1. The van der Waals surface area contributed by atoms with Crippen molar-refractivity contribution in [1.82, 2.24) is 19.9 Å². The van der Waals surface area contributed by atoms with Crippen LogP contribution in [0.5, 0.6) is 0 Å². The lowest BCUT2D eigenvalue weighted by atomic mass is 10.1. The van der Waals surface area contributed by atoms with Crippen LogP contribution in [0.25, 0.3) is 10.9 Å². The monoisotopic (exact) mass is 406 g/mol. The first-order chi connectivity index (χ1) is 14.6. The normalized spacial score (nSPS) is 10.8. The molecular weight excluding hydrogens is 387 g/mol. The van der Waals surface area contributed by atoms with Gasteiger partial charge in [-0.2, -0.15) is 15.0 Å². The molecule has 4 aromatic rings. The van der Waals surface area contributed by atoms with Crippen molar-refractivity contribution >= 4 is 34.5 Å². The molecule has 0 amide bonds. The second kappa shape index (κ2) is 8.56. The first-order valence-electron chi connectivity index (χ1n) is 9.30. The number of ether oxygens (including phenoxy) is 1. The van der Waals surface area contributed by atoms with Crippen LogP contribution < -0.4 is 11.1 Å². The number of aryl methyl sites for hydroxylation is 1. The molecule has 0 aliphatic carbocycles. The molecule has 4 N–H and O–H groups in total. The molecule has 0 radical (unpaired) electrons. The molecule has 2 aromatic heterocycles. The van der Waals surface area contributed by atoms with E-state index in [4.69, 9.17) is 10.5 Å². The predicted octanol–water partition coefficient (Wildman–Crippen LogP) is 3.49. The van der Waals surface area contributed by atoms with Crippen molar-refractivity contribution in [2.45, 2.75) is 19.4 Å². The highest BCUT2D eigenvalue weighted by Crippen LogP contribution is 2.19. The zero-order valence-electron chi connectivity index (χ0n) is 15.9. The Labute approximate surface area is 171 Å². The van der Waals surface area contributed by atoms with E-state index in [2.05, 4.69) is 25.3 Å². The van der Waals surface area contributed by atoms with Gasteiger partial charge in [0.25, 0.3) is 0 Å². The van der Waals surface area contributed by atoms with Crippen LogP contribution in [0.1, 0.15) is 17.8 Å². The molecular formula is C21H19FN6O2. The van der Waals surface area contributed by atoms with Crippen molar-refractivity contribution in [3.05, 3.63) is 71.9 Å². The summed E-state index contributed by atoms with van der Waals surface area (Å²) < 4.78 is 18.3. The zero-order chi connectivity index (χ0) is 20.9. The van der Waals surface area contributed by atoms with Crippen molar-refractivity contribution in [1.29, 1.82) is 0 Å². The third-order valence-electron chi connectivity index (χ3n) is 4.44. The Bertz CT molecular complexity index is 1180. The number of H-pyrrole nitrogens is 1. The minimum Gasteiger partial charge on any atom is -0.457 e. The Morgan fingerprint density at radius 2 is 1.90 bits per heavy atom. The second-order valence-corrected chi connectivity index (χ2v) is 6.59. The third-order valence-corrected chi connectivity index (χ3v) is 4.44. The Balaban J connectivity index is 1.34. The van der Waals surface area contributed by atoms with Gasteiger partial charge in [0.2, 0.25) is 11.9 Å². The van der Waals surface area contributed by atoms with Gasteiger partial charge < -0.3 is 20.8 Å². The third kappa shape index (κ3) is 4.69. The standard InChI is InChI=1S/C21H19FN6O2/c22-14-6-8-15(9-7-14)25-21-27-18(26-20(23)28-21)12-30-19(29)10-5-13-11-24-17-4-2-1-3-16(13)17/h1-4,6-9,11,24H,5,10,12H2,(H3,23,25,26,27,28). The number of aromatic nitrogens is 4. The maximum atomic E-state index is 13.0. The summed E-state index contributed by atoms with van der Waals surface area (Å²) in [7, 11) is 0. The number of nitrogen functional groups attached to an aromatic ring is 1. The van der Waals surface area contributed by atoms with E-state index in [1.807, 2.05) is 30.5 Å². The molecule has 0 spiro atoms. The van der Waals surface area contributed by atoms with Crippen LogP contribution in [0.2, 0.25) is 0 Å². The van der Waals surface area contributed by atoms with E-state index in [1.54, 1.807) is 12.1 Å². The number of carbonyl (C=O) groups is 1. The second-order valence-electron chi connectivity index (χ2n) is 6.59. The molecule has 2 aromatic carbocycles. The van der Waals surface area contributed by atoms with Gasteiger partial charge in [-0.3, -0.25) is 4.79 Å². The summed E-state index contributed by atoms with van der Waals surface area (Å²) in [6, 6.07) is 13.6. The van der Waals surface area contributed by atoms with Gasteiger partial charge in [0, 0.05) is 29.2 Å². The minimum atomic E-state index is -0.368. The molecule has 0 unspecified atom stereocenters. The molecule has 4 rings (SSSR count). The Hall–Kier alpha value is -4.01. The number of carbonyl (C=O) groups excluding carboxylic acids is 1. The fraction of sp³-hybridized carbons (Fsp3) is 0.143. The van der Waals surface area contributed by atoms with E-state index in [-0.39, 0.29) is 42.5 Å². The molecule has 0 atom stereocenters. The minimum absolute atomic E-state index is 0.0144. The SMILES string of the molecule is Nc1nc(COC(=O)CCc2c[nH]c3ccccc23)nc(Nc2ccc(F)cc2)n1. The fourth-order valence-electron chi connectivity index (χ4n) is 3.01. The number of aromatic amines is 1. The number of hydrogen-bond donors (Lipinski definition) is 3. The Kier molecular flexibility index (Phi) is 5.51. The van der Waals surface area contributed by atoms with Crippen LogP contribution in [0.3, 0.4) is 0 Å². The molecule has 0 aliphatic heterocycles. The molecule has 8 nitrogen and oxygen atoms in total. The van der Waals surface area contributed by atoms with Crippen LogP contribution in [-0.2, 0) is 22.6 Å². The first kappa shape index (κ1) is 19.3. The average Bonchev–Trinajstić information content (AvgIpc) is 3.15. The van der Waals surface area contributed by atoms with Crippen LogP contribution in [0.15, 0.2) is 54.7 Å². The summed E-state index contributed by atoms with van der Waals surface area (Å²) in [4.78, 5) is 27.5. The summed E-state index contributed by atoms with van der Waals surface area (Å²) in [5.41, 5.74) is 8.38. The van der Waals surface area contributed by atoms with Gasteiger partial charge in [0.15, 0.2) is 12.4 Å². The molecule has 0 bridgehead atoms. The maximum Gasteiger partial charge on any atom is 0.306 e. The van der Waals surface area contributed by atoms with E-state index < -0.39 is 0 Å². The molecule has 0 fully saturated rings. The molecule has 0 saturated heterocycles. The number of rotatable bonds is 7. The maximum absolute atomic E-state index is 13.0. The molecule has 9 heteroatoms. The van der Waals surface area contributed by atoms with E-state index in [1.165, 1.54) is 12.1 Å². The molecule has 0 saturated carbocycles. The molecule has 152 valence electrons. The van der Waals surface area contributed by atoms with Crippen molar-refractivity contribution < 1.29 is 13.9 Å². The van der Waals surface area contributed by atoms with E-state index >= 15 is 0 Å². The highest BCUT2D eigenvalue weighted by Gasteiger charge is 2.11. The van der Waals surface area contributed by atoms with E-state index in [0.717, 1.165) is 16.5 Å². The Morgan fingerprint density at radius 3 is 2.73 bits per heavy atom. The van der Waals surface area contributed by atoms with Crippen LogP contribution in [0.4, 0.5) is 22.0 Å². The lowest BCUT2D eigenvalue weighted by molar-refractivity contribution is -0.145. The quantitative estimate of drug-likeness (QED) is 0.402. The van der Waals surface area contributed by atoms with Crippen molar-refractivity contribution in [3.63, 3.8) is 0 Å². The van der Waals surface area contributed by atoms with Crippen molar-refractivity contribution in [2.24, 2.45) is 0 Å². The van der Waals surface area contributed by atoms with Gasteiger partial charge in [-0.05, 0) is 42.3 Å². The van der Waals surface area contributed by atoms with Gasteiger partial charge >= 0.3 is 5.97 Å². The number of nitrogens with one attached hydrogen (secondary N) is 2. The van der Waals surface area contributed by atoms with Gasteiger partial charge in [0.1, 0.15) is 5.82 Å². The number of anilines is 3. The van der Waals surface area contributed by atoms with Crippen molar-refractivity contribution in [3.8, 4) is 0 Å². The Morgan fingerprint density at radius 1 is 1.10 bits per heavy atom. The molecule has 0 aliphatic rings. The summed E-state index contributed by atoms with van der Waals surface area (Å²) in [6.45, 7) is -0.127. The topological polar surface area (TPSA) is 119 Å². The van der Waals surface area contributed by atoms with Gasteiger partial charge in [-0.1, -0.05) is 18.2 Å². The lowest BCUT2D eigenvalue weighted by Crippen LogP contribution is -2.11. The average molecular weight is 406 g/mol. The predicted molar refractivity (Wildman–Crippen MR) is 110 cm³/mol. The number of benzene rings is 2. The largest absolute Gasteiger partial charge is 0.457 e. The lowest BCUT2D eigenvalue weighted by Gasteiger charge is -2.08. The van der Waals surface area contributed by atoms with Crippen LogP contribution >= 0.6 is 0 Å². The number of nitrogens with two attached hydrogens (primary N) is 1. The van der Waals surface area contributed by atoms with Crippen molar-refractivity contribution in [2.75, 3.05) is 11.1 Å². The highest BCUT2D eigenvalue weighted by atomic mass is 19.1. The molecule has 30 heavy (non-hydrogen) atoms. The van der Waals surface area contributed by atoms with Crippen LogP contribution in [0, 0.1) is 5.82 Å². The summed E-state index contributed by atoms with van der Waals surface area (Å²) in [5.74, 6) is -0.339. The highest BCUT2D eigenvalue weighted by molar-refractivity contribution is 5.83. The summed E-state index contributed by atoms with van der Waals surface area (Å²) in [5, 5.41) is 4.00. The summed E-state index contributed by atoms with van der Waals surface area (Å²) >= 11 is 0. The summed E-state index contributed by atoms with van der Waals surface area (Å²) in [6.07, 6.45) is 2.68. The number of esters is 1. The van der Waals surface area contributed by atoms with Gasteiger partial charge in [-0.15, -0.1) is 0 Å². The van der Waals surface area contributed by atoms with Gasteiger partial charge in [-0.25, -0.2) is 4.39 Å². The van der Waals surface area contributed by atoms with Gasteiger partial charge in [0.05, 0.1) is 0 Å². The van der Waals surface area contributed by atoms with Crippen LogP contribution in [-0.4, -0.2) is 25.9 Å². The van der Waals surface area contributed by atoms with E-state index in [0.29, 0.717) is 12.1 Å². The zero-order valence-corrected chi connectivity index (χ0v) is 15.9.